The first-order valence-corrected chi connectivity index (χ1v) is 5.73. The smallest absolute Gasteiger partial charge is 0.344 e. The molecule has 0 unspecified atom stereocenters. The highest BCUT2D eigenvalue weighted by atomic mass is 16.6. The summed E-state index contributed by atoms with van der Waals surface area (Å²) in [5, 5.41) is 0. The fourth-order valence-corrected chi connectivity index (χ4v) is 1.25. The maximum absolute atomic E-state index is 11.3. The molecule has 1 atom stereocenters. The van der Waals surface area contributed by atoms with E-state index in [2.05, 4.69) is 6.92 Å². The number of rotatable bonds is 6. The van der Waals surface area contributed by atoms with Crippen molar-refractivity contribution in [2.24, 2.45) is 5.73 Å². The molecule has 0 heterocycles. The first kappa shape index (κ1) is 14.0. The van der Waals surface area contributed by atoms with E-state index in [-0.39, 0.29) is 6.61 Å². The number of ether oxygens (including phenoxy) is 2. The van der Waals surface area contributed by atoms with Crippen molar-refractivity contribution in [2.75, 3.05) is 6.61 Å². The van der Waals surface area contributed by atoms with E-state index in [0.717, 1.165) is 6.42 Å². The molecular formula is C13H17NO4. The van der Waals surface area contributed by atoms with Gasteiger partial charge >= 0.3 is 5.97 Å². The third-order valence-electron chi connectivity index (χ3n) is 2.40. The van der Waals surface area contributed by atoms with E-state index >= 15 is 0 Å². The van der Waals surface area contributed by atoms with Gasteiger partial charge in [0.25, 0.3) is 5.91 Å². The van der Waals surface area contributed by atoms with Crippen LogP contribution in [0.25, 0.3) is 0 Å². The van der Waals surface area contributed by atoms with E-state index in [0.29, 0.717) is 5.75 Å². The van der Waals surface area contributed by atoms with E-state index in [1.54, 1.807) is 12.1 Å². The Labute approximate surface area is 106 Å². The zero-order valence-corrected chi connectivity index (χ0v) is 10.5. The molecule has 0 saturated carbocycles. The number of carbonyl (C=O) groups is 2. The van der Waals surface area contributed by atoms with Crippen molar-refractivity contribution in [1.29, 1.82) is 0 Å². The van der Waals surface area contributed by atoms with Gasteiger partial charge in [-0.2, -0.15) is 0 Å². The minimum atomic E-state index is -0.941. The van der Waals surface area contributed by atoms with Crippen molar-refractivity contribution in [3.63, 3.8) is 0 Å². The minimum absolute atomic E-state index is 0.247. The third-order valence-corrected chi connectivity index (χ3v) is 2.40. The van der Waals surface area contributed by atoms with Gasteiger partial charge in [-0.15, -0.1) is 0 Å². The van der Waals surface area contributed by atoms with Gasteiger partial charge in [0.1, 0.15) is 5.75 Å². The number of aryl methyl sites for hydroxylation is 1. The second-order valence-corrected chi connectivity index (χ2v) is 3.82. The van der Waals surface area contributed by atoms with Crippen LogP contribution in [0.3, 0.4) is 0 Å². The summed E-state index contributed by atoms with van der Waals surface area (Å²) >= 11 is 0. The van der Waals surface area contributed by atoms with Crippen LogP contribution in [0.1, 0.15) is 19.4 Å². The molecule has 0 aliphatic heterocycles. The summed E-state index contributed by atoms with van der Waals surface area (Å²) in [4.78, 5) is 22.0. The molecule has 0 aliphatic carbocycles. The first-order chi connectivity index (χ1) is 8.52. The van der Waals surface area contributed by atoms with Crippen LogP contribution in [0.15, 0.2) is 24.3 Å². The molecule has 5 nitrogen and oxygen atoms in total. The van der Waals surface area contributed by atoms with Crippen LogP contribution in [0, 0.1) is 0 Å². The lowest BCUT2D eigenvalue weighted by molar-refractivity contribution is -0.155. The Bertz CT molecular complexity index is 414. The number of carbonyl (C=O) groups excluding carboxylic acids is 2. The van der Waals surface area contributed by atoms with Crippen molar-refractivity contribution < 1.29 is 19.1 Å². The first-order valence-electron chi connectivity index (χ1n) is 5.73. The van der Waals surface area contributed by atoms with Gasteiger partial charge in [-0.3, -0.25) is 4.79 Å². The number of hydrogen-bond acceptors (Lipinski definition) is 4. The molecule has 98 valence electrons. The van der Waals surface area contributed by atoms with Crippen LogP contribution in [-0.4, -0.2) is 24.6 Å². The number of hydrogen-bond donors (Lipinski definition) is 1. The standard InChI is InChI=1S/C13H17NO4/c1-3-10-4-6-11(7-5-10)17-8-12(15)18-9(2)13(14)16/h4-7,9H,3,8H2,1-2H3,(H2,14,16)/t9-/m0/s1. The topological polar surface area (TPSA) is 78.6 Å². The molecule has 2 N–H and O–H groups in total. The normalized spacial score (nSPS) is 11.7. The number of benzene rings is 1. The molecule has 0 saturated heterocycles. The molecule has 18 heavy (non-hydrogen) atoms. The van der Waals surface area contributed by atoms with Crippen molar-refractivity contribution in [2.45, 2.75) is 26.4 Å². The Kier molecular flexibility index (Phi) is 5.17. The quantitative estimate of drug-likeness (QED) is 0.766. The Morgan fingerprint density at radius 2 is 1.89 bits per heavy atom. The van der Waals surface area contributed by atoms with Crippen LogP contribution < -0.4 is 10.5 Å². The fraction of sp³-hybridized carbons (Fsp3) is 0.385. The molecule has 1 amide bonds. The molecule has 0 bridgehead atoms. The highest BCUT2D eigenvalue weighted by Gasteiger charge is 2.14. The Balaban J connectivity index is 2.40. The van der Waals surface area contributed by atoms with Crippen molar-refractivity contribution >= 4 is 11.9 Å². The second-order valence-electron chi connectivity index (χ2n) is 3.82. The Morgan fingerprint density at radius 3 is 2.39 bits per heavy atom. The van der Waals surface area contributed by atoms with Crippen LogP contribution in [-0.2, 0) is 20.7 Å². The van der Waals surface area contributed by atoms with Gasteiger partial charge in [-0.1, -0.05) is 19.1 Å². The number of nitrogens with two attached hydrogens (primary N) is 1. The molecule has 5 heteroatoms. The van der Waals surface area contributed by atoms with Gasteiger partial charge in [0.05, 0.1) is 0 Å². The maximum Gasteiger partial charge on any atom is 0.344 e. The predicted octanol–water partition coefficient (Wildman–Crippen LogP) is 1.04. The van der Waals surface area contributed by atoms with Gasteiger partial charge in [0.15, 0.2) is 12.7 Å². The van der Waals surface area contributed by atoms with Crippen LogP contribution >= 0.6 is 0 Å². The zero-order valence-electron chi connectivity index (χ0n) is 10.5. The van der Waals surface area contributed by atoms with Gasteiger partial charge in [0.2, 0.25) is 0 Å². The summed E-state index contributed by atoms with van der Waals surface area (Å²) in [6.45, 7) is 3.22. The van der Waals surface area contributed by atoms with Gasteiger partial charge in [-0.25, -0.2) is 4.79 Å². The van der Waals surface area contributed by atoms with E-state index < -0.39 is 18.0 Å². The maximum atomic E-state index is 11.3. The Hall–Kier alpha value is -2.04. The summed E-state index contributed by atoms with van der Waals surface area (Å²) in [6, 6.07) is 7.41. The monoisotopic (exact) mass is 251 g/mol. The van der Waals surface area contributed by atoms with Crippen LogP contribution in [0.5, 0.6) is 5.75 Å². The number of primary amides is 1. The molecule has 0 radical (unpaired) electrons. The van der Waals surface area contributed by atoms with E-state index in [4.69, 9.17) is 15.2 Å². The molecule has 1 aromatic carbocycles. The second kappa shape index (κ2) is 6.64. The summed E-state index contributed by atoms with van der Waals surface area (Å²) in [5.74, 6) is -0.729. The minimum Gasteiger partial charge on any atom is -0.482 e. The molecule has 0 aliphatic rings. The summed E-state index contributed by atoms with van der Waals surface area (Å²) in [6.07, 6.45) is 0.00176. The van der Waals surface area contributed by atoms with Gasteiger partial charge in [-0.05, 0) is 31.0 Å². The molecule has 1 rings (SSSR count). The van der Waals surface area contributed by atoms with Crippen molar-refractivity contribution in [1.82, 2.24) is 0 Å². The molecule has 1 aromatic rings. The molecule has 0 spiro atoms. The highest BCUT2D eigenvalue weighted by molar-refractivity contribution is 5.82. The highest BCUT2D eigenvalue weighted by Crippen LogP contribution is 2.12. The molecule has 0 aromatic heterocycles. The fourth-order valence-electron chi connectivity index (χ4n) is 1.25. The van der Waals surface area contributed by atoms with E-state index in [9.17, 15) is 9.59 Å². The Morgan fingerprint density at radius 1 is 1.28 bits per heavy atom. The lowest BCUT2D eigenvalue weighted by Gasteiger charge is -2.10. The summed E-state index contributed by atoms with van der Waals surface area (Å²) < 4.78 is 9.96. The lowest BCUT2D eigenvalue weighted by Crippen LogP contribution is -2.32. The summed E-state index contributed by atoms with van der Waals surface area (Å²) in [5.41, 5.74) is 6.15. The van der Waals surface area contributed by atoms with Crippen molar-refractivity contribution in [3.8, 4) is 5.75 Å². The average Bonchev–Trinajstić information content (AvgIpc) is 2.36. The average molecular weight is 251 g/mol. The van der Waals surface area contributed by atoms with E-state index in [1.165, 1.54) is 12.5 Å². The molecule has 0 fully saturated rings. The lowest BCUT2D eigenvalue weighted by atomic mass is 10.2. The third kappa shape index (κ3) is 4.45. The van der Waals surface area contributed by atoms with Gasteiger partial charge < -0.3 is 15.2 Å². The molecular weight excluding hydrogens is 234 g/mol. The van der Waals surface area contributed by atoms with E-state index in [1.807, 2.05) is 12.1 Å². The number of amides is 1. The predicted molar refractivity (Wildman–Crippen MR) is 66.1 cm³/mol. The number of esters is 1. The zero-order chi connectivity index (χ0) is 13.5. The summed E-state index contributed by atoms with van der Waals surface area (Å²) in [7, 11) is 0. The van der Waals surface area contributed by atoms with Crippen LogP contribution in [0.2, 0.25) is 0 Å². The largest absolute Gasteiger partial charge is 0.482 e. The SMILES string of the molecule is CCc1ccc(OCC(=O)O[C@@H](C)C(N)=O)cc1. The van der Waals surface area contributed by atoms with Crippen molar-refractivity contribution in [3.05, 3.63) is 29.8 Å². The van der Waals surface area contributed by atoms with Crippen LogP contribution in [0.4, 0.5) is 0 Å². The van der Waals surface area contributed by atoms with Gasteiger partial charge in [0, 0.05) is 0 Å².